The maximum Gasteiger partial charge on any atom is 0.407 e. The summed E-state index contributed by atoms with van der Waals surface area (Å²) in [5.74, 6) is 1.58. The Morgan fingerprint density at radius 1 is 1.30 bits per heavy atom. The first-order valence-corrected chi connectivity index (χ1v) is 11.0. The molecule has 1 saturated heterocycles. The molecule has 1 saturated carbocycles. The van der Waals surface area contributed by atoms with E-state index in [4.69, 9.17) is 10.8 Å². The van der Waals surface area contributed by atoms with Crippen LogP contribution >= 0.6 is 0 Å². The van der Waals surface area contributed by atoms with E-state index in [1.54, 1.807) is 6.92 Å². The normalized spacial score (nSPS) is 29.9. The molecule has 2 heterocycles. The number of piperidine rings is 1. The number of esters is 1. The van der Waals surface area contributed by atoms with Crippen molar-refractivity contribution < 1.29 is 20.4 Å². The lowest BCUT2D eigenvalue weighted by Gasteiger charge is -2.42. The lowest BCUT2D eigenvalue weighted by atomic mass is 9.69. The molecule has 0 radical (unpaired) electrons. The molecule has 1 aliphatic carbocycles. The van der Waals surface area contributed by atoms with E-state index in [0.29, 0.717) is 43.7 Å². The summed E-state index contributed by atoms with van der Waals surface area (Å²) in [7, 11) is 0. The number of aryl methyl sites for hydroxylation is 1. The molecule has 3 rings (SSSR count). The number of aromatic amines is 1. The van der Waals surface area contributed by atoms with Gasteiger partial charge in [0.2, 0.25) is 0 Å². The first-order valence-electron chi connectivity index (χ1n) is 11.5. The van der Waals surface area contributed by atoms with Crippen molar-refractivity contribution in [3.05, 3.63) is 5.82 Å². The summed E-state index contributed by atoms with van der Waals surface area (Å²) in [6.45, 7) is 4.68. The number of hydrogen-bond donors (Lipinski definition) is 3. The maximum atomic E-state index is 12.7. The molecule has 1 aliphatic heterocycles. The number of fused-ring (bicyclic) bond motifs is 1. The van der Waals surface area contributed by atoms with Gasteiger partial charge in [0.15, 0.2) is 5.82 Å². The van der Waals surface area contributed by atoms with Crippen LogP contribution in [-0.4, -0.2) is 64.5 Å². The Hall–Kier alpha value is -2.23. The minimum absolute atomic E-state index is 0.149. The Balaban J connectivity index is 1.43. The fourth-order valence-corrected chi connectivity index (χ4v) is 4.43. The van der Waals surface area contributed by atoms with Gasteiger partial charge < -0.3 is 20.1 Å². The quantitative estimate of drug-likeness (QED) is 0.510. The molecule has 1 amide bonds. The van der Waals surface area contributed by atoms with E-state index in [0.717, 1.165) is 37.9 Å². The fourth-order valence-electron chi connectivity index (χ4n) is 4.43. The molecular formula is C20H34N6O4. The largest absolute Gasteiger partial charge is 0.464 e. The highest BCUT2D eigenvalue weighted by Gasteiger charge is 2.38. The molecule has 10 nitrogen and oxygen atoms in total. The lowest BCUT2D eigenvalue weighted by Crippen LogP contribution is -2.50. The number of H-pyrrole nitrogens is 1. The van der Waals surface area contributed by atoms with Crippen molar-refractivity contribution in [1.82, 2.24) is 31.3 Å². The number of alkyl carbamates (subject to hydrolysis) is 1. The van der Waals surface area contributed by atoms with E-state index in [1.165, 1.54) is 0 Å². The van der Waals surface area contributed by atoms with Gasteiger partial charge in [0.25, 0.3) is 0 Å². The monoisotopic (exact) mass is 423 g/mol. The van der Waals surface area contributed by atoms with Gasteiger partial charge in [-0.1, -0.05) is 11.6 Å². The van der Waals surface area contributed by atoms with Gasteiger partial charge in [0.05, 0.1) is 14.6 Å². The lowest BCUT2D eigenvalue weighted by molar-refractivity contribution is -0.148. The highest BCUT2D eigenvalue weighted by atomic mass is 16.5. The molecule has 2 aliphatic rings. The minimum atomic E-state index is -1.41. The molecule has 0 bridgehead atoms. The van der Waals surface area contributed by atoms with E-state index in [2.05, 4.69) is 31.3 Å². The zero-order valence-corrected chi connectivity index (χ0v) is 17.9. The highest BCUT2D eigenvalue weighted by molar-refractivity contribution is 5.76. The molecule has 1 aromatic heterocycles. The van der Waals surface area contributed by atoms with Crippen molar-refractivity contribution in [1.29, 1.82) is 0 Å². The molecule has 1 aromatic rings. The number of nitrogens with one attached hydrogen (secondary N) is 3. The molecule has 0 aromatic carbocycles. The van der Waals surface area contributed by atoms with Crippen LogP contribution in [0.15, 0.2) is 0 Å². The Bertz CT molecular complexity index is 721. The highest BCUT2D eigenvalue weighted by Crippen LogP contribution is 2.40. The Kier molecular flexibility index (Phi) is 7.88. The summed E-state index contributed by atoms with van der Waals surface area (Å²) in [5, 5.41) is 19.9. The number of carbonyl (C=O) groups excluding carboxylic acids is 2. The summed E-state index contributed by atoms with van der Waals surface area (Å²) in [5.41, 5.74) is 0. The van der Waals surface area contributed by atoms with E-state index in [-0.39, 0.29) is 12.6 Å². The van der Waals surface area contributed by atoms with Crippen LogP contribution in [0.1, 0.15) is 59.6 Å². The van der Waals surface area contributed by atoms with E-state index >= 15 is 0 Å². The van der Waals surface area contributed by atoms with E-state index in [1.807, 2.05) is 6.92 Å². The summed E-state index contributed by atoms with van der Waals surface area (Å²) >= 11 is 0. The number of tetrazole rings is 1. The number of carbonyl (C=O) groups is 2. The third-order valence-electron chi connectivity index (χ3n) is 6.13. The minimum Gasteiger partial charge on any atom is -0.464 e. The molecule has 30 heavy (non-hydrogen) atoms. The van der Waals surface area contributed by atoms with E-state index in [9.17, 15) is 9.59 Å². The molecule has 10 heteroatoms. The zero-order chi connectivity index (χ0) is 22.3. The third-order valence-corrected chi connectivity index (χ3v) is 6.13. The van der Waals surface area contributed by atoms with Crippen LogP contribution in [0.25, 0.3) is 0 Å². The second-order valence-electron chi connectivity index (χ2n) is 8.32. The van der Waals surface area contributed by atoms with Crippen molar-refractivity contribution in [3.8, 4) is 0 Å². The maximum absolute atomic E-state index is 12.7. The van der Waals surface area contributed by atoms with Crippen molar-refractivity contribution >= 4 is 12.1 Å². The topological polar surface area (TPSA) is 131 Å². The molecule has 5 atom stereocenters. The van der Waals surface area contributed by atoms with Crippen LogP contribution in [0.4, 0.5) is 4.79 Å². The first kappa shape index (κ1) is 21.0. The van der Waals surface area contributed by atoms with Crippen LogP contribution < -0.4 is 10.6 Å². The second kappa shape index (κ2) is 11.2. The van der Waals surface area contributed by atoms with Gasteiger partial charge in [-0.3, -0.25) is 4.79 Å². The Morgan fingerprint density at radius 2 is 2.17 bits per heavy atom. The number of nitrogens with zero attached hydrogens (tertiary/aromatic N) is 3. The number of aromatic nitrogens is 4. The number of ether oxygens (including phenoxy) is 2. The summed E-state index contributed by atoms with van der Waals surface area (Å²) in [6, 6.07) is -1.59. The average Bonchev–Trinajstić information content (AvgIpc) is 3.25. The summed E-state index contributed by atoms with van der Waals surface area (Å²) in [6.07, 6.45) is 5.51. The van der Waals surface area contributed by atoms with Crippen LogP contribution in [-0.2, 0) is 20.7 Å². The van der Waals surface area contributed by atoms with Crippen molar-refractivity contribution in [3.63, 3.8) is 0 Å². The zero-order valence-electron chi connectivity index (χ0n) is 18.9. The van der Waals surface area contributed by atoms with Crippen LogP contribution in [0.3, 0.4) is 0 Å². The molecule has 0 spiro atoms. The van der Waals surface area contributed by atoms with E-state index < -0.39 is 18.1 Å². The SMILES string of the molecule is [2H][C@@]1(C(=O)OCC[C@@H](C)NC(=O)OCC)C[C@H]2C[C@@H](CCc3nn[nH]n3)CC[C@H]2CN1. The van der Waals surface area contributed by atoms with Crippen molar-refractivity contribution in [2.24, 2.45) is 17.8 Å². The van der Waals surface area contributed by atoms with Gasteiger partial charge in [0.1, 0.15) is 6.02 Å². The smallest absolute Gasteiger partial charge is 0.407 e. The van der Waals surface area contributed by atoms with Crippen LogP contribution in [0.5, 0.6) is 0 Å². The Morgan fingerprint density at radius 3 is 2.93 bits per heavy atom. The molecular weight excluding hydrogens is 388 g/mol. The summed E-state index contributed by atoms with van der Waals surface area (Å²) in [4.78, 5) is 24.1. The Labute approximate surface area is 178 Å². The van der Waals surface area contributed by atoms with Crippen molar-refractivity contribution in [2.45, 2.75) is 70.9 Å². The van der Waals surface area contributed by atoms with Gasteiger partial charge >= 0.3 is 12.1 Å². The predicted octanol–water partition coefficient (Wildman–Crippen LogP) is 1.59. The number of rotatable bonds is 9. The van der Waals surface area contributed by atoms with Crippen molar-refractivity contribution in [2.75, 3.05) is 19.8 Å². The molecule has 3 N–H and O–H groups in total. The second-order valence-corrected chi connectivity index (χ2v) is 8.32. The van der Waals surface area contributed by atoms with Gasteiger partial charge in [-0.25, -0.2) is 4.79 Å². The molecule has 0 unspecified atom stereocenters. The third kappa shape index (κ3) is 6.65. The standard InChI is InChI=1S/C20H34N6O4/c1-3-29-20(28)22-13(2)8-9-30-19(27)17-11-16-10-14(4-6-15(16)12-21-17)5-7-18-23-25-26-24-18/h13-17,21H,3-12H2,1-2H3,(H,22,28)(H,23,24,25,26)/t13-,14-,15+,16-,17+/m1/s1/i17D. The van der Waals surface area contributed by atoms with Gasteiger partial charge in [-0.15, -0.1) is 10.2 Å². The van der Waals surface area contributed by atoms with Crippen LogP contribution in [0.2, 0.25) is 0 Å². The number of hydrogen-bond acceptors (Lipinski definition) is 8. The fraction of sp³-hybridized carbons (Fsp3) is 0.850. The van der Waals surface area contributed by atoms with Crippen LogP contribution in [0, 0.1) is 17.8 Å². The van der Waals surface area contributed by atoms with Gasteiger partial charge in [0, 0.05) is 18.9 Å². The van der Waals surface area contributed by atoms with Gasteiger partial charge in [-0.05, 0) is 63.8 Å². The first-order chi connectivity index (χ1) is 14.9. The summed E-state index contributed by atoms with van der Waals surface area (Å²) < 4.78 is 18.9. The molecule has 2 fully saturated rings. The average molecular weight is 424 g/mol. The predicted molar refractivity (Wildman–Crippen MR) is 108 cm³/mol. The number of amides is 1. The van der Waals surface area contributed by atoms with Gasteiger partial charge in [-0.2, -0.15) is 5.21 Å². The molecule has 168 valence electrons.